The molecular weight excluding hydrogens is 460 g/mol. The van der Waals surface area contributed by atoms with Crippen molar-refractivity contribution in [2.75, 3.05) is 18.0 Å². The van der Waals surface area contributed by atoms with Crippen LogP contribution in [0.1, 0.15) is 35.6 Å². The summed E-state index contributed by atoms with van der Waals surface area (Å²) < 4.78 is 28.5. The van der Waals surface area contributed by atoms with E-state index in [9.17, 15) is 13.7 Å². The number of benzene rings is 2. The summed E-state index contributed by atoms with van der Waals surface area (Å²) >= 11 is 0. The fourth-order valence-corrected chi connectivity index (χ4v) is 5.60. The van der Waals surface area contributed by atoms with Crippen molar-refractivity contribution in [2.24, 2.45) is 0 Å². The van der Waals surface area contributed by atoms with E-state index in [1.165, 1.54) is 4.31 Å². The first-order valence-electron chi connectivity index (χ1n) is 11.7. The molecule has 35 heavy (non-hydrogen) atoms. The van der Waals surface area contributed by atoms with Crippen molar-refractivity contribution in [3.63, 3.8) is 0 Å². The van der Waals surface area contributed by atoms with Crippen LogP contribution in [0.15, 0.2) is 73.1 Å². The van der Waals surface area contributed by atoms with Crippen molar-refractivity contribution in [3.05, 3.63) is 95.3 Å². The number of hydrogen-bond acceptors (Lipinski definition) is 6. The van der Waals surface area contributed by atoms with Gasteiger partial charge in [0.1, 0.15) is 0 Å². The van der Waals surface area contributed by atoms with Gasteiger partial charge < -0.3 is 4.90 Å². The lowest BCUT2D eigenvalue weighted by molar-refractivity contribution is 0.310. The zero-order chi connectivity index (χ0) is 24.7. The maximum atomic E-state index is 13.5. The number of aromatic nitrogens is 1. The number of fused-ring (bicyclic) bond motifs is 1. The van der Waals surface area contributed by atoms with Gasteiger partial charge >= 0.3 is 0 Å². The van der Waals surface area contributed by atoms with Crippen LogP contribution in [0.4, 0.5) is 5.69 Å². The van der Waals surface area contributed by atoms with E-state index in [1.807, 2.05) is 61.7 Å². The van der Waals surface area contributed by atoms with E-state index in [4.69, 9.17) is 0 Å². The Morgan fingerprint density at radius 2 is 1.91 bits per heavy atom. The van der Waals surface area contributed by atoms with Gasteiger partial charge in [0.15, 0.2) is 0 Å². The van der Waals surface area contributed by atoms with Crippen molar-refractivity contribution < 1.29 is 8.42 Å². The molecule has 8 nitrogen and oxygen atoms in total. The molecule has 182 valence electrons. The third kappa shape index (κ3) is 6.24. The number of hydrazine groups is 1. The molecule has 0 spiro atoms. The van der Waals surface area contributed by atoms with Crippen molar-refractivity contribution in [3.8, 4) is 6.07 Å². The third-order valence-electron chi connectivity index (χ3n) is 6.01. The van der Waals surface area contributed by atoms with Gasteiger partial charge in [0.05, 0.1) is 11.6 Å². The Morgan fingerprint density at radius 1 is 1.11 bits per heavy atom. The first kappa shape index (κ1) is 24.8. The lowest BCUT2D eigenvalue weighted by Crippen LogP contribution is -2.53. The van der Waals surface area contributed by atoms with Crippen LogP contribution in [0.25, 0.3) is 0 Å². The second-order valence-electron chi connectivity index (χ2n) is 8.62. The molecule has 0 radical (unpaired) electrons. The van der Waals surface area contributed by atoms with Gasteiger partial charge in [-0.05, 0) is 53.8 Å². The lowest BCUT2D eigenvalue weighted by Gasteiger charge is -2.32. The molecule has 2 aromatic carbocycles. The van der Waals surface area contributed by atoms with E-state index in [2.05, 4.69) is 26.2 Å². The molecule has 0 bridgehead atoms. The minimum absolute atomic E-state index is 0.162. The third-order valence-corrected chi connectivity index (χ3v) is 7.46. The zero-order valence-corrected chi connectivity index (χ0v) is 20.6. The summed E-state index contributed by atoms with van der Waals surface area (Å²) in [6, 6.07) is 21.2. The number of pyridine rings is 1. The maximum Gasteiger partial charge on any atom is 0.292 e. The van der Waals surface area contributed by atoms with Crippen molar-refractivity contribution >= 4 is 15.9 Å². The Bertz CT molecular complexity index is 1260. The predicted molar refractivity (Wildman–Crippen MR) is 136 cm³/mol. The van der Waals surface area contributed by atoms with Crippen LogP contribution in [0.3, 0.4) is 0 Å². The zero-order valence-electron chi connectivity index (χ0n) is 19.8. The van der Waals surface area contributed by atoms with Gasteiger partial charge in [-0.2, -0.15) is 18.0 Å². The highest BCUT2D eigenvalue weighted by atomic mass is 32.2. The molecule has 0 amide bonds. The molecule has 4 rings (SSSR count). The Hall–Kier alpha value is -3.29. The van der Waals surface area contributed by atoms with E-state index in [1.54, 1.807) is 18.3 Å². The summed E-state index contributed by atoms with van der Waals surface area (Å²) in [6.45, 7) is 3.72. The van der Waals surface area contributed by atoms with Gasteiger partial charge in [0.25, 0.3) is 10.2 Å². The molecular formula is C26H30N6O2S. The fourth-order valence-electron chi connectivity index (χ4n) is 4.35. The average Bonchev–Trinajstić information content (AvgIpc) is 3.02. The number of nitrogens with zero attached hydrogens (tertiary/aromatic N) is 4. The molecule has 1 aromatic heterocycles. The van der Waals surface area contributed by atoms with Gasteiger partial charge in [-0.15, -0.1) is 4.83 Å². The van der Waals surface area contributed by atoms with Crippen molar-refractivity contribution in [1.29, 1.82) is 5.26 Å². The van der Waals surface area contributed by atoms with Gasteiger partial charge in [0, 0.05) is 50.3 Å². The predicted octanol–water partition coefficient (Wildman–Crippen LogP) is 3.14. The minimum Gasteiger partial charge on any atom is -0.365 e. The molecule has 9 heteroatoms. The number of nitrogens with one attached hydrogen (secondary N) is 2. The molecule has 2 heterocycles. The van der Waals surface area contributed by atoms with Crippen LogP contribution >= 0.6 is 0 Å². The van der Waals surface area contributed by atoms with E-state index in [-0.39, 0.29) is 12.6 Å². The quantitative estimate of drug-likeness (QED) is 0.353. The van der Waals surface area contributed by atoms with Crippen LogP contribution in [0.2, 0.25) is 0 Å². The highest BCUT2D eigenvalue weighted by Crippen LogP contribution is 2.31. The molecule has 3 aromatic rings. The van der Waals surface area contributed by atoms with Crippen molar-refractivity contribution in [2.45, 2.75) is 38.9 Å². The monoisotopic (exact) mass is 490 g/mol. The molecule has 1 aliphatic rings. The SMILES string of the molecule is CCCNNS(=O)(=O)N1Cc2cc(C#N)ccc2N(Cc2cccnc2)C[C@H]1Cc1ccccc1. The van der Waals surface area contributed by atoms with Crippen LogP contribution in [-0.4, -0.2) is 36.8 Å². The summed E-state index contributed by atoms with van der Waals surface area (Å²) in [4.78, 5) is 8.99. The molecule has 0 fully saturated rings. The Kier molecular flexibility index (Phi) is 8.10. The summed E-state index contributed by atoms with van der Waals surface area (Å²) in [6.07, 6.45) is 4.91. The van der Waals surface area contributed by atoms with Crippen LogP contribution in [-0.2, 0) is 29.7 Å². The average molecular weight is 491 g/mol. The highest BCUT2D eigenvalue weighted by molar-refractivity contribution is 7.87. The fraction of sp³-hybridized carbons (Fsp3) is 0.308. The smallest absolute Gasteiger partial charge is 0.292 e. The van der Waals surface area contributed by atoms with Gasteiger partial charge in [-0.1, -0.05) is 43.3 Å². The number of rotatable bonds is 9. The lowest BCUT2D eigenvalue weighted by atomic mass is 10.1. The number of nitriles is 1. The largest absolute Gasteiger partial charge is 0.365 e. The van der Waals surface area contributed by atoms with E-state index < -0.39 is 10.2 Å². The second kappa shape index (κ2) is 11.4. The number of anilines is 1. The van der Waals surface area contributed by atoms with Gasteiger partial charge in [-0.25, -0.2) is 5.43 Å². The highest BCUT2D eigenvalue weighted by Gasteiger charge is 2.35. The van der Waals surface area contributed by atoms with Crippen LogP contribution in [0, 0.1) is 11.3 Å². The Labute approximate surface area is 207 Å². The van der Waals surface area contributed by atoms with Crippen molar-refractivity contribution in [1.82, 2.24) is 19.5 Å². The second-order valence-corrected chi connectivity index (χ2v) is 10.2. The van der Waals surface area contributed by atoms with E-state index in [0.29, 0.717) is 31.6 Å². The molecule has 2 N–H and O–H groups in total. The molecule has 0 saturated heterocycles. The van der Waals surface area contributed by atoms with E-state index in [0.717, 1.165) is 28.8 Å². The summed E-state index contributed by atoms with van der Waals surface area (Å²) in [5.74, 6) is 0. The molecule has 1 aliphatic heterocycles. The van der Waals surface area contributed by atoms with Gasteiger partial charge in [-0.3, -0.25) is 4.98 Å². The summed E-state index contributed by atoms with van der Waals surface area (Å²) in [5, 5.41) is 9.50. The van der Waals surface area contributed by atoms with Crippen LogP contribution in [0.5, 0.6) is 0 Å². The molecule has 0 aliphatic carbocycles. The Morgan fingerprint density at radius 3 is 2.63 bits per heavy atom. The topological polar surface area (TPSA) is 101 Å². The maximum absolute atomic E-state index is 13.5. The minimum atomic E-state index is -3.86. The first-order valence-corrected chi connectivity index (χ1v) is 13.2. The van der Waals surface area contributed by atoms with E-state index >= 15 is 0 Å². The Balaban J connectivity index is 1.76. The molecule has 1 atom stereocenters. The van der Waals surface area contributed by atoms with Crippen LogP contribution < -0.4 is 15.2 Å². The summed E-state index contributed by atoms with van der Waals surface area (Å²) in [5.41, 5.74) is 7.13. The normalized spacial score (nSPS) is 16.3. The summed E-state index contributed by atoms with van der Waals surface area (Å²) in [7, 11) is -3.86. The molecule has 0 saturated carbocycles. The molecule has 0 unspecified atom stereocenters. The first-order chi connectivity index (χ1) is 17.0. The number of hydrogen-bond donors (Lipinski definition) is 2. The van der Waals surface area contributed by atoms with Gasteiger partial charge in [0.2, 0.25) is 0 Å². The standard InChI is InChI=1S/C26H30N6O2S/c1-2-12-29-30-35(33,34)32-19-24-14-22(16-27)10-11-26(24)31(18-23-9-6-13-28-17-23)20-25(32)15-21-7-4-3-5-8-21/h3-11,13-14,17,25,29-30H,2,12,15,18-20H2,1H3/t25-/m1/s1.